The Balaban J connectivity index is 1.41. The Labute approximate surface area is 282 Å². The number of hydrogen-bond donors (Lipinski definition) is 0. The maximum Gasteiger partial charge on any atom is 0.303 e. The average molecular weight is 686 g/mol. The summed E-state index contributed by atoms with van der Waals surface area (Å²) in [6.07, 6.45) is -10.5. The van der Waals surface area contributed by atoms with Crippen molar-refractivity contribution in [3.05, 3.63) is 82.2 Å². The smallest absolute Gasteiger partial charge is 0.303 e. The van der Waals surface area contributed by atoms with Crippen LogP contribution < -0.4 is 0 Å². The molecule has 0 aromatic heterocycles. The number of azide groups is 1. The molecule has 16 nitrogen and oxygen atoms in total. The van der Waals surface area contributed by atoms with Crippen LogP contribution in [0.15, 0.2) is 65.8 Å². The normalized spacial score (nSPS) is 32.5. The van der Waals surface area contributed by atoms with Gasteiger partial charge in [0.15, 0.2) is 37.2 Å². The van der Waals surface area contributed by atoms with Crippen LogP contribution in [0.25, 0.3) is 10.4 Å². The Morgan fingerprint density at radius 1 is 0.796 bits per heavy atom. The first kappa shape index (κ1) is 36.2. The fourth-order valence-electron chi connectivity index (χ4n) is 5.99. The lowest BCUT2D eigenvalue weighted by Gasteiger charge is -2.48. The van der Waals surface area contributed by atoms with Crippen LogP contribution in [0, 0.1) is 0 Å². The monoisotopic (exact) mass is 685 g/mol. The molecule has 0 aliphatic carbocycles. The van der Waals surface area contributed by atoms with Crippen molar-refractivity contribution < 1.29 is 61.8 Å². The summed E-state index contributed by atoms with van der Waals surface area (Å²) in [7, 11) is 1.30. The van der Waals surface area contributed by atoms with Gasteiger partial charge in [-0.05, 0) is 11.1 Å². The average Bonchev–Trinajstić information content (AvgIpc) is 3.09. The van der Waals surface area contributed by atoms with Crippen LogP contribution in [-0.2, 0) is 68.4 Å². The van der Waals surface area contributed by atoms with Crippen LogP contribution in [0.4, 0.5) is 0 Å². The fraction of sp³-hybridized carbons (Fsp3) is 0.545. The van der Waals surface area contributed by atoms with E-state index in [2.05, 4.69) is 10.0 Å². The lowest BCUT2D eigenvalue weighted by atomic mass is 9.95. The highest BCUT2D eigenvalue weighted by Gasteiger charge is 2.54. The predicted molar refractivity (Wildman–Crippen MR) is 165 cm³/mol. The van der Waals surface area contributed by atoms with Gasteiger partial charge in [-0.15, -0.1) is 0 Å². The molecule has 3 aliphatic rings. The van der Waals surface area contributed by atoms with E-state index in [9.17, 15) is 19.9 Å². The van der Waals surface area contributed by atoms with Crippen molar-refractivity contribution in [2.75, 3.05) is 20.3 Å². The highest BCUT2D eigenvalue weighted by molar-refractivity contribution is 5.68. The first-order valence-corrected chi connectivity index (χ1v) is 15.7. The second kappa shape index (κ2) is 17.0. The lowest BCUT2D eigenvalue weighted by Crippen LogP contribution is -2.64. The summed E-state index contributed by atoms with van der Waals surface area (Å²) in [5, 5.41) is 4.02. The van der Waals surface area contributed by atoms with Crippen molar-refractivity contribution in [2.24, 2.45) is 5.11 Å². The van der Waals surface area contributed by atoms with Gasteiger partial charge >= 0.3 is 17.9 Å². The Hall–Kier alpha value is -4.12. The number of benzene rings is 2. The second-order valence-corrected chi connectivity index (χ2v) is 11.5. The van der Waals surface area contributed by atoms with E-state index in [0.29, 0.717) is 0 Å². The van der Waals surface area contributed by atoms with Crippen molar-refractivity contribution >= 4 is 17.9 Å². The number of ether oxygens (including phenoxy) is 10. The minimum absolute atomic E-state index is 0.0958. The predicted octanol–water partition coefficient (Wildman–Crippen LogP) is 3.27. The Kier molecular flexibility index (Phi) is 12.6. The van der Waals surface area contributed by atoms with Gasteiger partial charge in [0, 0.05) is 38.4 Å². The fourth-order valence-corrected chi connectivity index (χ4v) is 5.99. The number of fused-ring (bicyclic) bond motifs is 1. The van der Waals surface area contributed by atoms with Gasteiger partial charge in [-0.3, -0.25) is 14.4 Å². The molecule has 3 heterocycles. The molecule has 0 spiro atoms. The molecule has 11 atom stereocenters. The van der Waals surface area contributed by atoms with E-state index >= 15 is 0 Å². The third-order valence-electron chi connectivity index (χ3n) is 8.00. The molecule has 3 saturated heterocycles. The van der Waals surface area contributed by atoms with E-state index in [4.69, 9.17) is 47.4 Å². The van der Waals surface area contributed by atoms with Gasteiger partial charge in [0.05, 0.1) is 19.8 Å². The third kappa shape index (κ3) is 9.12. The summed E-state index contributed by atoms with van der Waals surface area (Å²) >= 11 is 0. The topological polar surface area (TPSA) is 192 Å². The first-order chi connectivity index (χ1) is 23.7. The van der Waals surface area contributed by atoms with Crippen LogP contribution in [0.5, 0.6) is 0 Å². The maximum absolute atomic E-state index is 12.2. The largest absolute Gasteiger partial charge is 0.456 e. The van der Waals surface area contributed by atoms with Crippen molar-refractivity contribution in [1.29, 1.82) is 0 Å². The molecule has 2 aromatic rings. The molecule has 16 heteroatoms. The van der Waals surface area contributed by atoms with Crippen LogP contribution in [0.2, 0.25) is 0 Å². The molecule has 264 valence electrons. The standard InChI is InChI=1S/C33H39N3O13/c1-18(37)44-27-24(48-33(40-4)30(46-20(3)39)29(27)45-19(2)38)17-43-32-25(35-36-34)28(41-15-21-11-7-5-8-12-21)26-23(47-32)16-42-31(49-26)22-13-9-6-10-14-22/h5-14,23-33H,15-17H2,1-4H3/t23-,24-,25-,26-,27-,28-,29+,30-,31-,32+,33+/m1/s1. The van der Waals surface area contributed by atoms with E-state index in [1.54, 1.807) is 0 Å². The van der Waals surface area contributed by atoms with Gasteiger partial charge in [-0.2, -0.15) is 0 Å². The van der Waals surface area contributed by atoms with E-state index in [0.717, 1.165) is 31.9 Å². The van der Waals surface area contributed by atoms with Crippen molar-refractivity contribution in [1.82, 2.24) is 0 Å². The number of hydrogen-bond acceptors (Lipinski definition) is 14. The zero-order valence-corrected chi connectivity index (χ0v) is 27.4. The van der Waals surface area contributed by atoms with Gasteiger partial charge in [-0.25, -0.2) is 0 Å². The zero-order chi connectivity index (χ0) is 34.9. The van der Waals surface area contributed by atoms with Crippen LogP contribution in [0.3, 0.4) is 0 Å². The number of carbonyl (C=O) groups is 3. The Bertz CT molecular complexity index is 1460. The third-order valence-corrected chi connectivity index (χ3v) is 8.00. The van der Waals surface area contributed by atoms with Crippen molar-refractivity contribution in [2.45, 2.75) is 95.0 Å². The highest BCUT2D eigenvalue weighted by Crippen LogP contribution is 2.38. The summed E-state index contributed by atoms with van der Waals surface area (Å²) in [6, 6.07) is 17.7. The number of esters is 3. The number of methoxy groups -OCH3 is 1. The minimum Gasteiger partial charge on any atom is -0.456 e. The van der Waals surface area contributed by atoms with E-state index < -0.39 is 85.5 Å². The molecule has 0 bridgehead atoms. The van der Waals surface area contributed by atoms with Crippen molar-refractivity contribution in [3.63, 3.8) is 0 Å². The zero-order valence-electron chi connectivity index (χ0n) is 27.4. The van der Waals surface area contributed by atoms with Gasteiger partial charge < -0.3 is 47.4 Å². The summed E-state index contributed by atoms with van der Waals surface area (Å²) in [5.74, 6) is -2.17. The summed E-state index contributed by atoms with van der Waals surface area (Å²) in [6.45, 7) is 3.39. The number of rotatable bonds is 12. The number of carbonyl (C=O) groups excluding carboxylic acids is 3. The van der Waals surface area contributed by atoms with E-state index in [-0.39, 0.29) is 19.8 Å². The lowest BCUT2D eigenvalue weighted by molar-refractivity contribution is -0.354. The van der Waals surface area contributed by atoms with Crippen molar-refractivity contribution in [3.8, 4) is 0 Å². The van der Waals surface area contributed by atoms with Crippen LogP contribution in [-0.4, -0.2) is 99.6 Å². The van der Waals surface area contributed by atoms with Gasteiger partial charge in [-0.1, -0.05) is 65.8 Å². The summed E-state index contributed by atoms with van der Waals surface area (Å²) in [5.41, 5.74) is 11.3. The molecular weight excluding hydrogens is 646 g/mol. The molecule has 0 N–H and O–H groups in total. The van der Waals surface area contributed by atoms with Gasteiger partial charge in [0.25, 0.3) is 0 Å². The molecular formula is C33H39N3O13. The first-order valence-electron chi connectivity index (χ1n) is 15.7. The molecule has 0 amide bonds. The summed E-state index contributed by atoms with van der Waals surface area (Å²) < 4.78 is 59.1. The molecule has 3 aliphatic heterocycles. The molecule has 2 aromatic carbocycles. The quantitative estimate of drug-likeness (QED) is 0.104. The maximum atomic E-state index is 12.2. The molecule has 5 rings (SSSR count). The number of nitrogens with zero attached hydrogens (tertiary/aromatic N) is 3. The Morgan fingerprint density at radius 3 is 2.06 bits per heavy atom. The molecule has 0 unspecified atom stereocenters. The highest BCUT2D eigenvalue weighted by atomic mass is 16.8. The second-order valence-electron chi connectivity index (χ2n) is 11.5. The minimum atomic E-state index is -1.32. The summed E-state index contributed by atoms with van der Waals surface area (Å²) in [4.78, 5) is 39.3. The van der Waals surface area contributed by atoms with Crippen LogP contribution >= 0.6 is 0 Å². The molecule has 0 saturated carbocycles. The van der Waals surface area contributed by atoms with E-state index in [1.807, 2.05) is 60.7 Å². The van der Waals surface area contributed by atoms with Gasteiger partial charge in [0.1, 0.15) is 30.5 Å². The van der Waals surface area contributed by atoms with Gasteiger partial charge in [0.2, 0.25) is 0 Å². The molecule has 49 heavy (non-hydrogen) atoms. The molecule has 0 radical (unpaired) electrons. The molecule has 3 fully saturated rings. The van der Waals surface area contributed by atoms with Crippen LogP contribution in [0.1, 0.15) is 38.2 Å². The Morgan fingerprint density at radius 2 is 1.43 bits per heavy atom. The SMILES string of the molecule is CO[C@H]1O[C@H](CO[C@H]2O[C@@H]3CO[C@@H](c4ccccc4)O[C@H]3[C@H](OCc3ccccc3)[C@H]2N=[N+]=[N-])[C@@H](OC(C)=O)[C@H](OC(C)=O)[C@H]1OC(C)=O. The van der Waals surface area contributed by atoms with E-state index in [1.165, 1.54) is 7.11 Å².